The molecule has 0 aromatic heterocycles. The number of rotatable bonds is 5. The smallest absolute Gasteiger partial charge is 0.362 e. The Morgan fingerprint density at radius 2 is 1.83 bits per heavy atom. The van der Waals surface area contributed by atoms with Crippen LogP contribution in [-0.2, 0) is 9.53 Å². The van der Waals surface area contributed by atoms with Gasteiger partial charge in [0.05, 0.1) is 0 Å². The van der Waals surface area contributed by atoms with Crippen LogP contribution in [-0.4, -0.2) is 73.7 Å². The summed E-state index contributed by atoms with van der Waals surface area (Å²) >= 11 is 5.60. The number of halogens is 4. The summed E-state index contributed by atoms with van der Waals surface area (Å²) in [6.45, 7) is 1.25. The van der Waals surface area contributed by atoms with Crippen molar-refractivity contribution in [1.82, 2.24) is 9.80 Å². The Balaban J connectivity index is 2.20. The Bertz CT molecular complexity index is 268. The van der Waals surface area contributed by atoms with Crippen molar-refractivity contribution in [2.45, 2.75) is 6.18 Å². The van der Waals surface area contributed by atoms with Gasteiger partial charge in [0.2, 0.25) is 5.91 Å². The second kappa shape index (κ2) is 7.16. The van der Waals surface area contributed by atoms with E-state index >= 15 is 0 Å². The molecular formula is C10H16ClF3N2O2. The normalized spacial score (nSPS) is 18.1. The molecule has 0 aliphatic carbocycles. The lowest BCUT2D eigenvalue weighted by atomic mass is 10.3. The zero-order chi connectivity index (χ0) is 13.6. The van der Waals surface area contributed by atoms with Crippen molar-refractivity contribution >= 4 is 17.5 Å². The molecule has 0 saturated carbocycles. The Hall–Kier alpha value is -0.530. The Labute approximate surface area is 109 Å². The number of carbonyl (C=O) groups excluding carboxylic acids is 1. The molecule has 1 aliphatic heterocycles. The Morgan fingerprint density at radius 1 is 1.22 bits per heavy atom. The molecule has 0 radical (unpaired) electrons. The van der Waals surface area contributed by atoms with E-state index in [2.05, 4.69) is 9.64 Å². The standard InChI is InChI=1S/C10H16ClF3N2O2/c11-1-2-15-3-5-16(6-4-15)9(17)7-18-8-10(12,13)14/h1-8H2. The number of hydrogen-bond donors (Lipinski definition) is 0. The maximum atomic E-state index is 11.8. The van der Waals surface area contributed by atoms with E-state index in [1.807, 2.05) is 0 Å². The van der Waals surface area contributed by atoms with Crippen LogP contribution in [0.15, 0.2) is 0 Å². The molecule has 0 bridgehead atoms. The number of piperazine rings is 1. The molecule has 0 atom stereocenters. The van der Waals surface area contributed by atoms with Gasteiger partial charge in [0.25, 0.3) is 0 Å². The number of hydrogen-bond acceptors (Lipinski definition) is 3. The number of alkyl halides is 4. The maximum absolute atomic E-state index is 11.8. The first kappa shape index (κ1) is 15.5. The Kier molecular flexibility index (Phi) is 6.17. The van der Waals surface area contributed by atoms with Gasteiger partial charge in [-0.05, 0) is 0 Å². The van der Waals surface area contributed by atoms with Crippen molar-refractivity contribution in [3.63, 3.8) is 0 Å². The van der Waals surface area contributed by atoms with Crippen LogP contribution in [0.3, 0.4) is 0 Å². The van der Waals surface area contributed by atoms with Gasteiger partial charge in [0.15, 0.2) is 0 Å². The van der Waals surface area contributed by atoms with Crippen LogP contribution in [0.1, 0.15) is 0 Å². The fourth-order valence-corrected chi connectivity index (χ4v) is 1.92. The van der Waals surface area contributed by atoms with Crippen LogP contribution in [0.2, 0.25) is 0 Å². The molecule has 1 saturated heterocycles. The predicted molar refractivity (Wildman–Crippen MR) is 60.6 cm³/mol. The quantitative estimate of drug-likeness (QED) is 0.706. The lowest BCUT2D eigenvalue weighted by molar-refractivity contribution is -0.178. The van der Waals surface area contributed by atoms with Crippen LogP contribution in [0.4, 0.5) is 13.2 Å². The minimum absolute atomic E-state index is 0.398. The number of amides is 1. The summed E-state index contributed by atoms with van der Waals surface area (Å²) in [6, 6.07) is 0. The fraction of sp³-hybridized carbons (Fsp3) is 0.900. The molecule has 8 heteroatoms. The van der Waals surface area contributed by atoms with Gasteiger partial charge in [0, 0.05) is 38.6 Å². The van der Waals surface area contributed by atoms with Crippen molar-refractivity contribution < 1.29 is 22.7 Å². The lowest BCUT2D eigenvalue weighted by Gasteiger charge is -2.34. The SMILES string of the molecule is O=C(COCC(F)(F)F)N1CCN(CCCl)CC1. The van der Waals surface area contributed by atoms with E-state index in [0.29, 0.717) is 32.1 Å². The molecule has 0 aromatic carbocycles. The van der Waals surface area contributed by atoms with Crippen LogP contribution >= 0.6 is 11.6 Å². The summed E-state index contributed by atoms with van der Waals surface area (Å²) in [6.07, 6.45) is -4.39. The highest BCUT2D eigenvalue weighted by molar-refractivity contribution is 6.18. The molecule has 1 fully saturated rings. The van der Waals surface area contributed by atoms with Crippen LogP contribution in [0, 0.1) is 0 Å². The van der Waals surface area contributed by atoms with Crippen molar-refractivity contribution in [2.75, 3.05) is 51.8 Å². The molecule has 1 rings (SSSR count). The third kappa shape index (κ3) is 5.88. The van der Waals surface area contributed by atoms with E-state index in [4.69, 9.17) is 11.6 Å². The van der Waals surface area contributed by atoms with E-state index in [1.54, 1.807) is 0 Å². The summed E-state index contributed by atoms with van der Waals surface area (Å²) in [5.74, 6) is 0.132. The highest BCUT2D eigenvalue weighted by atomic mass is 35.5. The maximum Gasteiger partial charge on any atom is 0.411 e. The van der Waals surface area contributed by atoms with Gasteiger partial charge in [-0.2, -0.15) is 13.2 Å². The van der Waals surface area contributed by atoms with Crippen LogP contribution in [0.25, 0.3) is 0 Å². The molecule has 1 amide bonds. The predicted octanol–water partition coefficient (Wildman–Crippen LogP) is 0.948. The first-order valence-electron chi connectivity index (χ1n) is 5.63. The minimum atomic E-state index is -4.39. The average Bonchev–Trinajstić information content (AvgIpc) is 2.28. The van der Waals surface area contributed by atoms with Gasteiger partial charge >= 0.3 is 6.18 Å². The van der Waals surface area contributed by atoms with Crippen molar-refractivity contribution in [1.29, 1.82) is 0 Å². The fourth-order valence-electron chi connectivity index (χ4n) is 1.69. The second-order valence-corrected chi connectivity index (χ2v) is 4.40. The van der Waals surface area contributed by atoms with E-state index in [-0.39, 0.29) is 0 Å². The zero-order valence-electron chi connectivity index (χ0n) is 9.88. The highest BCUT2D eigenvalue weighted by Crippen LogP contribution is 2.14. The topological polar surface area (TPSA) is 32.8 Å². The monoisotopic (exact) mass is 288 g/mol. The largest absolute Gasteiger partial charge is 0.411 e. The van der Waals surface area contributed by atoms with Crippen molar-refractivity contribution in [2.24, 2.45) is 0 Å². The van der Waals surface area contributed by atoms with Gasteiger partial charge < -0.3 is 9.64 Å². The number of carbonyl (C=O) groups is 1. The third-order valence-electron chi connectivity index (χ3n) is 2.62. The van der Waals surface area contributed by atoms with Crippen LogP contribution < -0.4 is 0 Å². The molecule has 0 spiro atoms. The summed E-state index contributed by atoms with van der Waals surface area (Å²) < 4.78 is 39.8. The van der Waals surface area contributed by atoms with E-state index in [0.717, 1.165) is 6.54 Å². The number of nitrogens with zero attached hydrogens (tertiary/aromatic N) is 2. The molecule has 18 heavy (non-hydrogen) atoms. The van der Waals surface area contributed by atoms with Crippen molar-refractivity contribution in [3.8, 4) is 0 Å². The van der Waals surface area contributed by atoms with Crippen molar-refractivity contribution in [3.05, 3.63) is 0 Å². The van der Waals surface area contributed by atoms with Gasteiger partial charge in [0.1, 0.15) is 13.2 Å². The number of ether oxygens (including phenoxy) is 1. The lowest BCUT2D eigenvalue weighted by Crippen LogP contribution is -2.50. The molecule has 0 aromatic rings. The average molecular weight is 289 g/mol. The molecule has 1 aliphatic rings. The zero-order valence-corrected chi connectivity index (χ0v) is 10.6. The summed E-state index contributed by atoms with van der Waals surface area (Å²) in [5, 5.41) is 0. The Morgan fingerprint density at radius 3 is 2.33 bits per heavy atom. The van der Waals surface area contributed by atoms with Crippen LogP contribution in [0.5, 0.6) is 0 Å². The highest BCUT2D eigenvalue weighted by Gasteiger charge is 2.28. The van der Waals surface area contributed by atoms with E-state index < -0.39 is 25.3 Å². The van der Waals surface area contributed by atoms with Gasteiger partial charge in [-0.1, -0.05) is 0 Å². The molecule has 106 valence electrons. The summed E-state index contributed by atoms with van der Waals surface area (Å²) in [4.78, 5) is 15.2. The second-order valence-electron chi connectivity index (χ2n) is 4.02. The molecule has 0 unspecified atom stereocenters. The molecule has 4 nitrogen and oxygen atoms in total. The first-order valence-corrected chi connectivity index (χ1v) is 6.16. The van der Waals surface area contributed by atoms with E-state index in [9.17, 15) is 18.0 Å². The minimum Gasteiger partial charge on any atom is -0.362 e. The molecular weight excluding hydrogens is 273 g/mol. The summed E-state index contributed by atoms with van der Waals surface area (Å²) in [5.41, 5.74) is 0. The molecule has 0 N–H and O–H groups in total. The first-order chi connectivity index (χ1) is 8.42. The van der Waals surface area contributed by atoms with E-state index in [1.165, 1.54) is 4.90 Å². The van der Waals surface area contributed by atoms with Gasteiger partial charge in [-0.15, -0.1) is 11.6 Å². The van der Waals surface area contributed by atoms with Gasteiger partial charge in [-0.3, -0.25) is 9.69 Å². The third-order valence-corrected chi connectivity index (χ3v) is 2.79. The molecule has 1 heterocycles. The summed E-state index contributed by atoms with van der Waals surface area (Å²) in [7, 11) is 0. The van der Waals surface area contributed by atoms with Gasteiger partial charge in [-0.25, -0.2) is 0 Å².